The maximum Gasteiger partial charge on any atom is 0.243 e. The predicted octanol–water partition coefficient (Wildman–Crippen LogP) is 2.38. The Morgan fingerprint density at radius 3 is 2.60 bits per heavy atom. The summed E-state index contributed by atoms with van der Waals surface area (Å²) in [4.78, 5) is 18.7. The van der Waals surface area contributed by atoms with E-state index in [1.807, 2.05) is 24.0 Å². The fraction of sp³-hybridized carbons (Fsp3) is 0.600. The van der Waals surface area contributed by atoms with Crippen LogP contribution in [0.25, 0.3) is 0 Å². The molecule has 1 aromatic heterocycles. The van der Waals surface area contributed by atoms with E-state index in [2.05, 4.69) is 17.2 Å². The van der Waals surface area contributed by atoms with E-state index in [0.717, 1.165) is 37.9 Å². The molecule has 1 N–H and O–H groups in total. The van der Waals surface area contributed by atoms with Crippen molar-refractivity contribution in [3.63, 3.8) is 0 Å². The van der Waals surface area contributed by atoms with E-state index >= 15 is 0 Å². The summed E-state index contributed by atoms with van der Waals surface area (Å²) in [5, 5.41) is 3.42. The molecule has 0 radical (unpaired) electrons. The lowest BCUT2D eigenvalue weighted by molar-refractivity contribution is -0.138. The number of rotatable bonds is 5. The fourth-order valence-electron chi connectivity index (χ4n) is 2.78. The van der Waals surface area contributed by atoms with Crippen LogP contribution in [0.15, 0.2) is 24.5 Å². The quantitative estimate of drug-likeness (QED) is 0.907. The van der Waals surface area contributed by atoms with Gasteiger partial charge in [0.25, 0.3) is 0 Å². The molecule has 1 aromatic rings. The van der Waals surface area contributed by atoms with Crippen LogP contribution < -0.4 is 5.32 Å². The van der Waals surface area contributed by atoms with E-state index in [4.69, 9.17) is 0 Å². The van der Waals surface area contributed by atoms with Crippen molar-refractivity contribution in [2.24, 2.45) is 0 Å². The van der Waals surface area contributed by atoms with E-state index < -0.39 is 0 Å². The molecule has 4 nitrogen and oxygen atoms in total. The van der Waals surface area contributed by atoms with Crippen molar-refractivity contribution in [3.8, 4) is 0 Å². The number of hydrogen-bond acceptors (Lipinski definition) is 3. The largest absolute Gasteiger partial charge is 0.337 e. The van der Waals surface area contributed by atoms with E-state index in [-0.39, 0.29) is 23.9 Å². The summed E-state index contributed by atoms with van der Waals surface area (Å²) in [5.41, 5.74) is 0.803. The minimum atomic E-state index is -0.330. The fourth-order valence-corrected chi connectivity index (χ4v) is 2.78. The Labute approximate surface area is 127 Å². The molecule has 1 aliphatic heterocycles. The van der Waals surface area contributed by atoms with Gasteiger partial charge in [-0.25, -0.2) is 0 Å². The van der Waals surface area contributed by atoms with Gasteiger partial charge in [0.05, 0.1) is 5.54 Å². The van der Waals surface area contributed by atoms with Gasteiger partial charge in [0.1, 0.15) is 0 Å². The third-order valence-electron chi connectivity index (χ3n) is 4.05. The number of hydrogen-bond donors (Lipinski definition) is 1. The first-order valence-corrected chi connectivity index (χ1v) is 7.15. The molecule has 2 heterocycles. The number of carbonyl (C=O) groups excluding carboxylic acids is 1. The van der Waals surface area contributed by atoms with E-state index in [1.165, 1.54) is 0 Å². The van der Waals surface area contributed by atoms with Gasteiger partial charge >= 0.3 is 0 Å². The van der Waals surface area contributed by atoms with Gasteiger partial charge in [-0.3, -0.25) is 9.78 Å². The second kappa shape index (κ2) is 7.60. The molecule has 1 saturated heterocycles. The van der Waals surface area contributed by atoms with Gasteiger partial charge in [0, 0.05) is 25.5 Å². The van der Waals surface area contributed by atoms with Crippen LogP contribution >= 0.6 is 12.4 Å². The molecule has 1 fully saturated rings. The third-order valence-corrected chi connectivity index (χ3v) is 4.05. The lowest BCUT2D eigenvalue weighted by Gasteiger charge is -2.33. The Kier molecular flexibility index (Phi) is 6.43. The van der Waals surface area contributed by atoms with Crippen LogP contribution in [0.2, 0.25) is 0 Å². The molecule has 0 saturated carbocycles. The van der Waals surface area contributed by atoms with E-state index in [9.17, 15) is 4.79 Å². The number of pyridine rings is 1. The van der Waals surface area contributed by atoms with Gasteiger partial charge in [-0.1, -0.05) is 6.92 Å². The van der Waals surface area contributed by atoms with Crippen LogP contribution in [0.5, 0.6) is 0 Å². The topological polar surface area (TPSA) is 45.2 Å². The Hall–Kier alpha value is -1.13. The van der Waals surface area contributed by atoms with Crippen molar-refractivity contribution in [2.45, 2.75) is 45.2 Å². The molecule has 112 valence electrons. The zero-order valence-corrected chi connectivity index (χ0v) is 13.1. The van der Waals surface area contributed by atoms with Crippen LogP contribution in [0.1, 0.15) is 38.7 Å². The summed E-state index contributed by atoms with van der Waals surface area (Å²) in [6.07, 6.45) is 6.45. The van der Waals surface area contributed by atoms with Crippen molar-refractivity contribution < 1.29 is 4.79 Å². The zero-order valence-electron chi connectivity index (χ0n) is 12.3. The van der Waals surface area contributed by atoms with Crippen molar-refractivity contribution in [2.75, 3.05) is 13.1 Å². The van der Waals surface area contributed by atoms with Crippen molar-refractivity contribution in [1.29, 1.82) is 0 Å². The molecule has 0 spiro atoms. The third kappa shape index (κ3) is 3.49. The Morgan fingerprint density at radius 1 is 1.40 bits per heavy atom. The number of nitrogens with zero attached hydrogens (tertiary/aromatic N) is 2. The minimum Gasteiger partial charge on any atom is -0.337 e. The summed E-state index contributed by atoms with van der Waals surface area (Å²) >= 11 is 0. The summed E-state index contributed by atoms with van der Waals surface area (Å²) in [6.45, 7) is 6.49. The molecular formula is C15H24ClN3O. The highest BCUT2D eigenvalue weighted by Crippen LogP contribution is 2.26. The normalized spacial score (nSPS) is 21.3. The first-order chi connectivity index (χ1) is 9.22. The molecule has 2 rings (SSSR count). The molecule has 1 amide bonds. The highest BCUT2D eigenvalue weighted by atomic mass is 35.5. The molecule has 0 aromatic carbocycles. The van der Waals surface area contributed by atoms with Crippen molar-refractivity contribution in [3.05, 3.63) is 30.1 Å². The van der Waals surface area contributed by atoms with Gasteiger partial charge in [0.15, 0.2) is 0 Å². The molecule has 1 unspecified atom stereocenters. The van der Waals surface area contributed by atoms with E-state index in [0.29, 0.717) is 6.54 Å². The first-order valence-electron chi connectivity index (χ1n) is 7.15. The predicted molar refractivity (Wildman–Crippen MR) is 82.8 cm³/mol. The number of carbonyl (C=O) groups is 1. The molecule has 20 heavy (non-hydrogen) atoms. The average Bonchev–Trinajstić information content (AvgIpc) is 2.95. The number of halogens is 1. The van der Waals surface area contributed by atoms with Gasteiger partial charge in [0.2, 0.25) is 5.91 Å². The van der Waals surface area contributed by atoms with Crippen molar-refractivity contribution in [1.82, 2.24) is 15.2 Å². The number of likely N-dealkylation sites (N-methyl/N-ethyl adjacent to an activating group) is 1. The molecule has 5 heteroatoms. The van der Waals surface area contributed by atoms with Crippen LogP contribution in [0.4, 0.5) is 0 Å². The molecule has 0 bridgehead atoms. The molecule has 0 aliphatic carbocycles. The molecule has 1 atom stereocenters. The minimum absolute atomic E-state index is 0. The lowest BCUT2D eigenvalue weighted by atomic mass is 9.92. The van der Waals surface area contributed by atoms with E-state index in [1.54, 1.807) is 12.4 Å². The highest BCUT2D eigenvalue weighted by Gasteiger charge is 2.41. The smallest absolute Gasteiger partial charge is 0.243 e. The molecular weight excluding hydrogens is 274 g/mol. The van der Waals surface area contributed by atoms with Crippen LogP contribution in [0, 0.1) is 0 Å². The zero-order chi connectivity index (χ0) is 13.7. The van der Waals surface area contributed by atoms with Gasteiger partial charge in [-0.2, -0.15) is 0 Å². The average molecular weight is 298 g/mol. The summed E-state index contributed by atoms with van der Waals surface area (Å²) < 4.78 is 0. The van der Waals surface area contributed by atoms with Gasteiger partial charge < -0.3 is 10.2 Å². The maximum absolute atomic E-state index is 12.8. The number of nitrogens with one attached hydrogen (secondary N) is 1. The molecule has 1 aliphatic rings. The van der Waals surface area contributed by atoms with Crippen LogP contribution in [0.3, 0.4) is 0 Å². The standard InChI is InChI=1S/C15H23N3O.ClH/c1-3-15(8-5-9-17-15)14(19)18(4-2)12-13-6-10-16-11-7-13;/h6-7,10-11,17H,3-5,8-9,12H2,1-2H3;1H. The number of amides is 1. The van der Waals surface area contributed by atoms with Crippen LogP contribution in [-0.2, 0) is 11.3 Å². The first kappa shape index (κ1) is 16.9. The summed E-state index contributed by atoms with van der Waals surface area (Å²) in [5.74, 6) is 0.242. The Balaban J connectivity index is 0.00000200. The Bertz CT molecular complexity index is 418. The van der Waals surface area contributed by atoms with Crippen LogP contribution in [-0.4, -0.2) is 34.4 Å². The SMILES string of the molecule is CCN(Cc1ccncc1)C(=O)C1(CC)CCCN1.Cl. The lowest BCUT2D eigenvalue weighted by Crippen LogP contribution is -2.54. The Morgan fingerprint density at radius 2 is 2.10 bits per heavy atom. The second-order valence-corrected chi connectivity index (χ2v) is 5.14. The monoisotopic (exact) mass is 297 g/mol. The second-order valence-electron chi connectivity index (χ2n) is 5.14. The summed E-state index contributed by atoms with van der Waals surface area (Å²) in [7, 11) is 0. The van der Waals surface area contributed by atoms with Gasteiger partial charge in [-0.15, -0.1) is 12.4 Å². The van der Waals surface area contributed by atoms with Crippen molar-refractivity contribution >= 4 is 18.3 Å². The maximum atomic E-state index is 12.8. The summed E-state index contributed by atoms with van der Waals surface area (Å²) in [6, 6.07) is 3.94. The number of aromatic nitrogens is 1. The highest BCUT2D eigenvalue weighted by molar-refractivity contribution is 5.86. The van der Waals surface area contributed by atoms with Gasteiger partial charge in [-0.05, 0) is 50.4 Å².